The van der Waals surface area contributed by atoms with E-state index in [0.717, 1.165) is 22.0 Å². The van der Waals surface area contributed by atoms with Gasteiger partial charge in [0.05, 0.1) is 28.5 Å². The van der Waals surface area contributed by atoms with Crippen LogP contribution < -0.4 is 14.9 Å². The normalized spacial score (nSPS) is 15.3. The summed E-state index contributed by atoms with van der Waals surface area (Å²) in [5.74, 6) is 1.21. The number of esters is 1. The van der Waals surface area contributed by atoms with Gasteiger partial charge in [-0.2, -0.15) is 0 Å². The first-order chi connectivity index (χ1) is 19.3. The third-order valence-corrected chi connectivity index (χ3v) is 8.35. The molecule has 0 spiro atoms. The quantitative estimate of drug-likeness (QED) is 0.205. The Morgan fingerprint density at radius 3 is 2.48 bits per heavy atom. The van der Waals surface area contributed by atoms with Crippen LogP contribution in [0.5, 0.6) is 0 Å². The number of furan rings is 1. The van der Waals surface area contributed by atoms with Crippen molar-refractivity contribution in [1.82, 2.24) is 4.57 Å². The molecule has 6 nitrogen and oxygen atoms in total. The Bertz CT molecular complexity index is 1740. The van der Waals surface area contributed by atoms with E-state index in [1.54, 1.807) is 17.6 Å². The number of aromatic nitrogens is 1. The van der Waals surface area contributed by atoms with Crippen LogP contribution in [0.15, 0.2) is 90.6 Å². The third kappa shape index (κ3) is 5.56. The molecule has 0 N–H and O–H groups in total. The highest BCUT2D eigenvalue weighted by molar-refractivity contribution is 9.10. The van der Waals surface area contributed by atoms with Gasteiger partial charge < -0.3 is 9.15 Å². The van der Waals surface area contributed by atoms with E-state index in [1.807, 2.05) is 55.5 Å². The highest BCUT2D eigenvalue weighted by Crippen LogP contribution is 2.33. The molecular formula is C32H31BrN2O4S. The van der Waals surface area contributed by atoms with Crippen LogP contribution in [0.2, 0.25) is 0 Å². The molecule has 40 heavy (non-hydrogen) atoms. The molecule has 0 radical (unpaired) electrons. The Labute approximate surface area is 245 Å². The van der Waals surface area contributed by atoms with Gasteiger partial charge in [-0.3, -0.25) is 9.36 Å². The van der Waals surface area contributed by atoms with Gasteiger partial charge >= 0.3 is 5.97 Å². The summed E-state index contributed by atoms with van der Waals surface area (Å²) in [7, 11) is 0. The van der Waals surface area contributed by atoms with Gasteiger partial charge in [-0.05, 0) is 54.7 Å². The fraction of sp³-hybridized carbons (Fsp3) is 0.281. The van der Waals surface area contributed by atoms with Crippen LogP contribution in [0.4, 0.5) is 0 Å². The van der Waals surface area contributed by atoms with Crippen LogP contribution in [0, 0.1) is 0 Å². The highest BCUT2D eigenvalue weighted by atomic mass is 79.9. The number of halogens is 1. The average Bonchev–Trinajstić information content (AvgIpc) is 3.53. The molecular weight excluding hydrogens is 588 g/mol. The van der Waals surface area contributed by atoms with E-state index >= 15 is 0 Å². The first-order valence-electron chi connectivity index (χ1n) is 13.5. The monoisotopic (exact) mass is 618 g/mol. The molecule has 8 heteroatoms. The molecule has 0 saturated heterocycles. The van der Waals surface area contributed by atoms with Crippen molar-refractivity contribution in [1.29, 1.82) is 0 Å². The molecule has 0 fully saturated rings. The predicted molar refractivity (Wildman–Crippen MR) is 162 cm³/mol. The SMILES string of the molecule is CCCC1=C(C(=O)OCC)[C@H](c2ccc(C(C)C)cc2)n2c(s/c(=C\c3ccc(-c4ccc(Br)cc4)o3)c2=O)=N1. The van der Waals surface area contributed by atoms with Gasteiger partial charge in [0.2, 0.25) is 0 Å². The minimum Gasteiger partial charge on any atom is -0.463 e. The van der Waals surface area contributed by atoms with Crippen molar-refractivity contribution in [3.05, 3.63) is 113 Å². The molecule has 0 saturated carbocycles. The Morgan fingerprint density at radius 2 is 1.82 bits per heavy atom. The van der Waals surface area contributed by atoms with Crippen molar-refractivity contribution in [2.75, 3.05) is 6.61 Å². The van der Waals surface area contributed by atoms with Crippen molar-refractivity contribution in [3.63, 3.8) is 0 Å². The van der Waals surface area contributed by atoms with Crippen LogP contribution in [0.3, 0.4) is 0 Å². The first kappa shape index (κ1) is 28.1. The summed E-state index contributed by atoms with van der Waals surface area (Å²) in [6.07, 6.45) is 3.16. The first-order valence-corrected chi connectivity index (χ1v) is 15.1. The Hall–Kier alpha value is -3.49. The number of nitrogens with zero attached hydrogens (tertiary/aromatic N) is 2. The number of fused-ring (bicyclic) bond motifs is 1. The molecule has 1 atom stereocenters. The second kappa shape index (κ2) is 11.9. The van der Waals surface area contributed by atoms with Gasteiger partial charge in [0.15, 0.2) is 4.80 Å². The zero-order chi connectivity index (χ0) is 28.4. The van der Waals surface area contributed by atoms with Gasteiger partial charge in [0.25, 0.3) is 5.56 Å². The number of rotatable bonds is 8. The summed E-state index contributed by atoms with van der Waals surface area (Å²) in [6, 6.07) is 19.1. The predicted octanol–water partition coefficient (Wildman–Crippen LogP) is 6.72. The largest absolute Gasteiger partial charge is 0.463 e. The van der Waals surface area contributed by atoms with E-state index in [0.29, 0.717) is 44.5 Å². The maximum absolute atomic E-state index is 13.9. The Morgan fingerprint density at radius 1 is 1.10 bits per heavy atom. The maximum Gasteiger partial charge on any atom is 0.338 e. The molecule has 206 valence electrons. The molecule has 0 bridgehead atoms. The van der Waals surface area contributed by atoms with E-state index in [4.69, 9.17) is 14.1 Å². The van der Waals surface area contributed by atoms with Crippen LogP contribution in [-0.4, -0.2) is 17.1 Å². The van der Waals surface area contributed by atoms with Gasteiger partial charge in [-0.25, -0.2) is 9.79 Å². The highest BCUT2D eigenvalue weighted by Gasteiger charge is 2.34. The standard InChI is InChI=1S/C32H31BrN2O4S/c1-5-7-25-28(31(37)38-6-2)29(22-10-8-20(9-11-22)19(3)4)35-30(36)27(40-32(35)34-25)18-24-16-17-26(39-24)21-12-14-23(33)15-13-21/h8-19,29H,5-7H2,1-4H3/b27-18-/t29-/m0/s1. The molecule has 2 aromatic carbocycles. The van der Waals surface area contributed by atoms with Crippen LogP contribution in [0.25, 0.3) is 17.4 Å². The molecule has 1 aliphatic rings. The van der Waals surface area contributed by atoms with Gasteiger partial charge in [-0.1, -0.05) is 90.9 Å². The van der Waals surface area contributed by atoms with Gasteiger partial charge in [0, 0.05) is 16.1 Å². The van der Waals surface area contributed by atoms with Crippen LogP contribution >= 0.6 is 27.3 Å². The summed E-state index contributed by atoms with van der Waals surface area (Å²) in [6.45, 7) is 8.35. The number of carbonyl (C=O) groups excluding carboxylic acids is 1. The van der Waals surface area contributed by atoms with Crippen molar-refractivity contribution in [2.45, 2.75) is 52.5 Å². The average molecular weight is 620 g/mol. The molecule has 5 rings (SSSR count). The smallest absolute Gasteiger partial charge is 0.338 e. The van der Waals surface area contributed by atoms with E-state index < -0.39 is 12.0 Å². The number of hydrogen-bond donors (Lipinski definition) is 0. The lowest BCUT2D eigenvalue weighted by molar-refractivity contribution is -0.139. The number of thiazole rings is 1. The number of carbonyl (C=O) groups is 1. The summed E-state index contributed by atoms with van der Waals surface area (Å²) >= 11 is 4.76. The molecule has 1 aliphatic heterocycles. The van der Waals surface area contributed by atoms with Crippen LogP contribution in [0.1, 0.15) is 69.4 Å². The van der Waals surface area contributed by atoms with E-state index in [-0.39, 0.29) is 12.2 Å². The Balaban J connectivity index is 1.66. The lowest BCUT2D eigenvalue weighted by Crippen LogP contribution is -2.40. The summed E-state index contributed by atoms with van der Waals surface area (Å²) in [5, 5.41) is 0. The Kier molecular flexibility index (Phi) is 8.38. The second-order valence-electron chi connectivity index (χ2n) is 9.94. The number of benzene rings is 2. The van der Waals surface area contributed by atoms with Gasteiger partial charge in [0.1, 0.15) is 11.5 Å². The van der Waals surface area contributed by atoms with Gasteiger partial charge in [-0.15, -0.1) is 0 Å². The number of ether oxygens (including phenoxy) is 1. The van der Waals surface area contributed by atoms with E-state index in [1.165, 1.54) is 16.9 Å². The minimum atomic E-state index is -0.630. The topological polar surface area (TPSA) is 73.8 Å². The number of allylic oxidation sites excluding steroid dienone is 1. The van der Waals surface area contributed by atoms with E-state index in [2.05, 4.69) is 41.9 Å². The molecule has 4 aromatic rings. The molecule has 2 aromatic heterocycles. The van der Waals surface area contributed by atoms with Crippen molar-refractivity contribution in [3.8, 4) is 11.3 Å². The second-order valence-corrected chi connectivity index (χ2v) is 11.9. The zero-order valence-electron chi connectivity index (χ0n) is 22.9. The summed E-state index contributed by atoms with van der Waals surface area (Å²) < 4.78 is 14.7. The van der Waals surface area contributed by atoms with Crippen molar-refractivity contribution < 1.29 is 13.9 Å². The third-order valence-electron chi connectivity index (χ3n) is 6.84. The lowest BCUT2D eigenvalue weighted by Gasteiger charge is -2.26. The minimum absolute atomic E-state index is 0.222. The fourth-order valence-electron chi connectivity index (χ4n) is 4.83. The maximum atomic E-state index is 13.9. The molecule has 3 heterocycles. The van der Waals surface area contributed by atoms with E-state index in [9.17, 15) is 9.59 Å². The lowest BCUT2D eigenvalue weighted by atomic mass is 9.92. The summed E-state index contributed by atoms with van der Waals surface area (Å²) in [4.78, 5) is 32.7. The molecule has 0 amide bonds. The number of hydrogen-bond acceptors (Lipinski definition) is 6. The van der Waals surface area contributed by atoms with Crippen molar-refractivity contribution >= 4 is 39.3 Å². The molecule has 0 aliphatic carbocycles. The fourth-order valence-corrected chi connectivity index (χ4v) is 6.09. The summed E-state index contributed by atoms with van der Waals surface area (Å²) in [5.41, 5.74) is 3.85. The molecule has 0 unspecified atom stereocenters. The van der Waals surface area contributed by atoms with Crippen LogP contribution in [-0.2, 0) is 9.53 Å². The van der Waals surface area contributed by atoms with Crippen molar-refractivity contribution in [2.24, 2.45) is 4.99 Å². The zero-order valence-corrected chi connectivity index (χ0v) is 25.3.